The predicted molar refractivity (Wildman–Crippen MR) is 68.0 cm³/mol. The summed E-state index contributed by atoms with van der Waals surface area (Å²) >= 11 is 1.85. The Morgan fingerprint density at radius 3 is 2.94 bits per heavy atom. The molecule has 2 aromatic rings. The maximum atomic E-state index is 11.5. The van der Waals surface area contributed by atoms with Crippen LogP contribution in [0.1, 0.15) is 36.5 Å². The molecule has 1 heterocycles. The predicted octanol–water partition coefficient (Wildman–Crippen LogP) is 4.13. The van der Waals surface area contributed by atoms with E-state index >= 15 is 0 Å². The van der Waals surface area contributed by atoms with Crippen molar-refractivity contribution in [3.05, 3.63) is 35.2 Å². The zero-order valence-corrected chi connectivity index (χ0v) is 9.93. The zero-order chi connectivity index (χ0) is 11.0. The fraction of sp³-hybridized carbons (Fsp3) is 0.357. The molecule has 1 aromatic carbocycles. The second-order valence-corrected chi connectivity index (χ2v) is 5.63. The molecule has 0 N–H and O–H groups in total. The summed E-state index contributed by atoms with van der Waals surface area (Å²) in [6.45, 7) is 0. The molecule has 1 aliphatic carbocycles. The van der Waals surface area contributed by atoms with Crippen LogP contribution in [0.4, 0.5) is 0 Å². The van der Waals surface area contributed by atoms with Gasteiger partial charge in [0.2, 0.25) is 0 Å². The van der Waals surface area contributed by atoms with Crippen LogP contribution in [0.3, 0.4) is 0 Å². The van der Waals surface area contributed by atoms with Crippen LogP contribution >= 0.6 is 11.3 Å². The van der Waals surface area contributed by atoms with Gasteiger partial charge in [0.25, 0.3) is 0 Å². The molecular weight excluding hydrogens is 216 g/mol. The van der Waals surface area contributed by atoms with Gasteiger partial charge in [0, 0.05) is 28.3 Å². The topological polar surface area (TPSA) is 17.1 Å². The van der Waals surface area contributed by atoms with E-state index in [1.807, 2.05) is 11.3 Å². The van der Waals surface area contributed by atoms with Crippen LogP contribution in [-0.4, -0.2) is 5.78 Å². The summed E-state index contributed by atoms with van der Waals surface area (Å²) in [5.41, 5.74) is 0. The molecular formula is C14H14OS. The Balaban J connectivity index is 1.96. The van der Waals surface area contributed by atoms with Crippen molar-refractivity contribution in [2.24, 2.45) is 0 Å². The molecule has 16 heavy (non-hydrogen) atoms. The molecule has 1 atom stereocenters. The van der Waals surface area contributed by atoms with E-state index in [0.717, 1.165) is 19.3 Å². The maximum Gasteiger partial charge on any atom is 0.133 e. The second kappa shape index (κ2) is 4.02. The molecule has 3 rings (SSSR count). The summed E-state index contributed by atoms with van der Waals surface area (Å²) in [4.78, 5) is 12.9. The van der Waals surface area contributed by atoms with E-state index in [0.29, 0.717) is 11.7 Å². The van der Waals surface area contributed by atoms with Crippen LogP contribution < -0.4 is 0 Å². The molecule has 2 heteroatoms. The van der Waals surface area contributed by atoms with Gasteiger partial charge >= 0.3 is 0 Å². The molecule has 1 aliphatic rings. The number of thiophene rings is 1. The number of ketones is 1. The highest BCUT2D eigenvalue weighted by molar-refractivity contribution is 7.19. The van der Waals surface area contributed by atoms with Gasteiger partial charge in [-0.15, -0.1) is 11.3 Å². The summed E-state index contributed by atoms with van der Waals surface area (Å²) < 4.78 is 1.34. The van der Waals surface area contributed by atoms with Crippen molar-refractivity contribution in [3.63, 3.8) is 0 Å². The van der Waals surface area contributed by atoms with Gasteiger partial charge in [-0.05, 0) is 30.4 Å². The van der Waals surface area contributed by atoms with Gasteiger partial charge in [-0.1, -0.05) is 18.2 Å². The molecule has 1 saturated carbocycles. The molecule has 0 spiro atoms. The third-order valence-corrected chi connectivity index (χ3v) is 4.61. The van der Waals surface area contributed by atoms with Gasteiger partial charge in [0.05, 0.1) is 0 Å². The smallest absolute Gasteiger partial charge is 0.133 e. The Bertz CT molecular complexity index is 493. The Kier molecular flexibility index (Phi) is 2.52. The number of hydrogen-bond donors (Lipinski definition) is 0. The number of carbonyl (C=O) groups excluding carboxylic acids is 1. The van der Waals surface area contributed by atoms with Gasteiger partial charge in [0.1, 0.15) is 5.78 Å². The molecule has 1 unspecified atom stereocenters. The lowest BCUT2D eigenvalue weighted by molar-refractivity contribution is -0.120. The molecule has 0 amide bonds. The Hall–Kier alpha value is -1.15. The number of rotatable bonds is 1. The first-order chi connectivity index (χ1) is 7.83. The Labute approximate surface area is 99.1 Å². The molecule has 0 radical (unpaired) electrons. The second-order valence-electron chi connectivity index (χ2n) is 4.52. The fourth-order valence-corrected chi connectivity index (χ4v) is 3.67. The van der Waals surface area contributed by atoms with E-state index in [9.17, 15) is 4.79 Å². The first kappa shape index (κ1) is 10.0. The van der Waals surface area contributed by atoms with Crippen LogP contribution in [0.2, 0.25) is 0 Å². The van der Waals surface area contributed by atoms with Crippen LogP contribution in [0.15, 0.2) is 30.3 Å². The number of Topliss-reactive ketones (excluding diaryl/α,β-unsaturated/α-hetero) is 1. The monoisotopic (exact) mass is 230 g/mol. The van der Waals surface area contributed by atoms with E-state index in [1.165, 1.54) is 21.4 Å². The van der Waals surface area contributed by atoms with E-state index in [2.05, 4.69) is 30.3 Å². The summed E-state index contributed by atoms with van der Waals surface area (Å²) in [6.07, 6.45) is 3.80. The standard InChI is InChI=1S/C14H14OS/c15-12-6-3-5-10(8-12)14-9-11-4-1-2-7-13(11)16-14/h1-2,4,7,9-10H,3,5-6,8H2. The highest BCUT2D eigenvalue weighted by Crippen LogP contribution is 2.37. The molecule has 1 fully saturated rings. The lowest BCUT2D eigenvalue weighted by Crippen LogP contribution is -2.12. The summed E-state index contributed by atoms with van der Waals surface area (Å²) in [6, 6.07) is 10.7. The molecule has 82 valence electrons. The third kappa shape index (κ3) is 1.78. The van der Waals surface area contributed by atoms with Gasteiger partial charge < -0.3 is 0 Å². The lowest BCUT2D eigenvalue weighted by Gasteiger charge is -2.19. The largest absolute Gasteiger partial charge is 0.300 e. The minimum atomic E-state index is 0.439. The SMILES string of the molecule is O=C1CCCC(c2cc3ccccc3s2)C1. The van der Waals surface area contributed by atoms with E-state index in [4.69, 9.17) is 0 Å². The van der Waals surface area contributed by atoms with E-state index < -0.39 is 0 Å². The Morgan fingerprint density at radius 1 is 1.25 bits per heavy atom. The summed E-state index contributed by atoms with van der Waals surface area (Å²) in [5, 5.41) is 1.32. The van der Waals surface area contributed by atoms with Crippen molar-refractivity contribution in [3.8, 4) is 0 Å². The van der Waals surface area contributed by atoms with Crippen LogP contribution in [0.25, 0.3) is 10.1 Å². The van der Waals surface area contributed by atoms with Crippen molar-refractivity contribution in [1.82, 2.24) is 0 Å². The number of carbonyl (C=O) groups is 1. The first-order valence-electron chi connectivity index (χ1n) is 5.83. The molecule has 0 saturated heterocycles. The van der Waals surface area contributed by atoms with Crippen molar-refractivity contribution >= 4 is 27.2 Å². The molecule has 0 bridgehead atoms. The van der Waals surface area contributed by atoms with Gasteiger partial charge in [-0.2, -0.15) is 0 Å². The van der Waals surface area contributed by atoms with Crippen molar-refractivity contribution < 1.29 is 4.79 Å². The zero-order valence-electron chi connectivity index (χ0n) is 9.11. The van der Waals surface area contributed by atoms with Crippen LogP contribution in [-0.2, 0) is 4.79 Å². The normalized spacial score (nSPS) is 21.5. The van der Waals surface area contributed by atoms with Crippen molar-refractivity contribution in [2.45, 2.75) is 31.6 Å². The molecule has 1 nitrogen and oxygen atoms in total. The van der Waals surface area contributed by atoms with Crippen LogP contribution in [0.5, 0.6) is 0 Å². The Morgan fingerprint density at radius 2 is 2.12 bits per heavy atom. The molecule has 0 aliphatic heterocycles. The number of fused-ring (bicyclic) bond motifs is 1. The maximum absolute atomic E-state index is 11.5. The lowest BCUT2D eigenvalue weighted by atomic mass is 9.87. The van der Waals surface area contributed by atoms with E-state index in [1.54, 1.807) is 0 Å². The van der Waals surface area contributed by atoms with Crippen molar-refractivity contribution in [1.29, 1.82) is 0 Å². The first-order valence-corrected chi connectivity index (χ1v) is 6.65. The fourth-order valence-electron chi connectivity index (χ4n) is 2.47. The van der Waals surface area contributed by atoms with Gasteiger partial charge in [-0.3, -0.25) is 4.79 Å². The highest BCUT2D eigenvalue weighted by atomic mass is 32.1. The number of hydrogen-bond acceptors (Lipinski definition) is 2. The average Bonchev–Trinajstić information content (AvgIpc) is 2.72. The summed E-state index contributed by atoms with van der Waals surface area (Å²) in [7, 11) is 0. The summed E-state index contributed by atoms with van der Waals surface area (Å²) in [5.74, 6) is 0.923. The minimum absolute atomic E-state index is 0.439. The number of benzene rings is 1. The third-order valence-electron chi connectivity index (χ3n) is 3.33. The average molecular weight is 230 g/mol. The van der Waals surface area contributed by atoms with Gasteiger partial charge in [0.15, 0.2) is 0 Å². The van der Waals surface area contributed by atoms with Crippen LogP contribution in [0, 0.1) is 0 Å². The minimum Gasteiger partial charge on any atom is -0.300 e. The molecule has 1 aromatic heterocycles. The van der Waals surface area contributed by atoms with Gasteiger partial charge in [-0.25, -0.2) is 0 Å². The highest BCUT2D eigenvalue weighted by Gasteiger charge is 2.22. The quantitative estimate of drug-likeness (QED) is 0.720. The van der Waals surface area contributed by atoms with Crippen molar-refractivity contribution in [2.75, 3.05) is 0 Å². The van der Waals surface area contributed by atoms with E-state index in [-0.39, 0.29) is 0 Å².